The molecule has 6 nitrogen and oxygen atoms in total. The van der Waals surface area contributed by atoms with Crippen LogP contribution in [0.4, 0.5) is 14.6 Å². The van der Waals surface area contributed by atoms with Gasteiger partial charge in [-0.15, -0.1) is 0 Å². The number of ether oxygens (including phenoxy) is 2. The Morgan fingerprint density at radius 3 is 2.48 bits per heavy atom. The van der Waals surface area contributed by atoms with E-state index in [2.05, 4.69) is 15.0 Å². The number of rotatable bonds is 4. The fourth-order valence-corrected chi connectivity index (χ4v) is 3.49. The van der Waals surface area contributed by atoms with E-state index in [1.54, 1.807) is 0 Å². The van der Waals surface area contributed by atoms with Crippen molar-refractivity contribution < 1.29 is 18.3 Å². The van der Waals surface area contributed by atoms with Crippen molar-refractivity contribution in [2.45, 2.75) is 18.8 Å². The fourth-order valence-electron chi connectivity index (χ4n) is 3.13. The predicted octanol–water partition coefficient (Wildman–Crippen LogP) is 4.10. The monoisotopic (exact) mass is 392 g/mol. The molecule has 0 atom stereocenters. The van der Waals surface area contributed by atoms with E-state index in [0.29, 0.717) is 5.56 Å². The summed E-state index contributed by atoms with van der Waals surface area (Å²) in [7, 11) is 2.71. The van der Waals surface area contributed by atoms with E-state index in [9.17, 15) is 4.39 Å². The van der Waals surface area contributed by atoms with Crippen LogP contribution in [0.25, 0.3) is 22.2 Å². The Hall–Kier alpha value is -2.74. The lowest BCUT2D eigenvalue weighted by molar-refractivity contribution is 0.381. The Balaban J connectivity index is 2.08. The van der Waals surface area contributed by atoms with E-state index < -0.39 is 11.6 Å². The van der Waals surface area contributed by atoms with Crippen LogP contribution in [0.3, 0.4) is 0 Å². The van der Waals surface area contributed by atoms with Crippen LogP contribution in [0.5, 0.6) is 11.9 Å². The highest BCUT2D eigenvalue weighted by atomic mass is 35.5. The number of methoxy groups -OCH3 is 2. The van der Waals surface area contributed by atoms with Gasteiger partial charge in [0.1, 0.15) is 28.2 Å². The summed E-state index contributed by atoms with van der Waals surface area (Å²) in [6, 6.07) is 2.34. The molecule has 1 saturated carbocycles. The molecule has 0 saturated heterocycles. The van der Waals surface area contributed by atoms with Gasteiger partial charge < -0.3 is 15.2 Å². The van der Waals surface area contributed by atoms with Crippen LogP contribution < -0.4 is 15.2 Å². The summed E-state index contributed by atoms with van der Waals surface area (Å²) in [4.78, 5) is 12.2. The number of benzene rings is 1. The Morgan fingerprint density at radius 2 is 1.85 bits per heavy atom. The van der Waals surface area contributed by atoms with Crippen molar-refractivity contribution >= 4 is 28.3 Å². The molecule has 0 amide bonds. The van der Waals surface area contributed by atoms with Gasteiger partial charge in [0, 0.05) is 10.6 Å². The normalized spacial score (nSPS) is 13.8. The predicted molar refractivity (Wildman–Crippen MR) is 97.2 cm³/mol. The number of aromatic nitrogens is 3. The van der Waals surface area contributed by atoms with Gasteiger partial charge in [0.15, 0.2) is 5.82 Å². The van der Waals surface area contributed by atoms with E-state index >= 15 is 4.39 Å². The second kappa shape index (κ2) is 6.45. The van der Waals surface area contributed by atoms with E-state index in [0.717, 1.165) is 12.8 Å². The van der Waals surface area contributed by atoms with Crippen LogP contribution in [-0.2, 0) is 0 Å². The summed E-state index contributed by atoms with van der Waals surface area (Å²) in [5.74, 6) is -1.22. The minimum atomic E-state index is -0.776. The SMILES string of the molecule is COc1nc(N)c2c(OC)nc(-c3cc(F)cc(Cl)c3C3CC3)c(F)c2n1. The second-order valence-electron chi connectivity index (χ2n) is 6.23. The Morgan fingerprint density at radius 1 is 1.11 bits per heavy atom. The van der Waals surface area contributed by atoms with E-state index in [-0.39, 0.29) is 50.8 Å². The Labute approximate surface area is 158 Å². The highest BCUT2D eigenvalue weighted by molar-refractivity contribution is 6.32. The highest BCUT2D eigenvalue weighted by Crippen LogP contribution is 2.48. The molecule has 1 fully saturated rings. The molecule has 3 aromatic rings. The van der Waals surface area contributed by atoms with E-state index in [1.807, 2.05) is 0 Å². The molecule has 1 aromatic carbocycles. The standard InChI is InChI=1S/C18H15ClF2N4O2/c1-26-17-12-15(24-18(27-2)25-16(12)22)13(21)14(23-17)9-5-8(20)6-10(19)11(9)7-3-4-7/h5-7H,3-4H2,1-2H3,(H2,22,24,25). The molecule has 27 heavy (non-hydrogen) atoms. The molecule has 2 N–H and O–H groups in total. The van der Waals surface area contributed by atoms with Crippen LogP contribution in [0, 0.1) is 11.6 Å². The van der Waals surface area contributed by atoms with E-state index in [4.69, 9.17) is 26.8 Å². The van der Waals surface area contributed by atoms with Crippen molar-refractivity contribution in [1.82, 2.24) is 15.0 Å². The van der Waals surface area contributed by atoms with Crippen molar-refractivity contribution in [2.24, 2.45) is 0 Å². The minimum absolute atomic E-state index is 0.0312. The quantitative estimate of drug-likeness (QED) is 0.719. The van der Waals surface area contributed by atoms with Gasteiger partial charge in [-0.1, -0.05) is 11.6 Å². The van der Waals surface area contributed by atoms with Crippen LogP contribution in [0.15, 0.2) is 12.1 Å². The third kappa shape index (κ3) is 2.90. The Kier molecular flexibility index (Phi) is 4.22. The summed E-state index contributed by atoms with van der Waals surface area (Å²) in [5, 5.41) is 0.363. The van der Waals surface area contributed by atoms with Crippen LogP contribution in [0.2, 0.25) is 5.02 Å². The van der Waals surface area contributed by atoms with Crippen molar-refractivity contribution in [3.05, 3.63) is 34.4 Å². The molecule has 9 heteroatoms. The molecule has 140 valence electrons. The lowest BCUT2D eigenvalue weighted by atomic mass is 9.98. The summed E-state index contributed by atoms with van der Waals surface area (Å²) in [6.45, 7) is 0. The zero-order chi connectivity index (χ0) is 19.3. The molecule has 0 unspecified atom stereocenters. The van der Waals surface area contributed by atoms with E-state index in [1.165, 1.54) is 26.4 Å². The molecule has 2 aromatic heterocycles. The zero-order valence-electron chi connectivity index (χ0n) is 14.5. The lowest BCUT2D eigenvalue weighted by Gasteiger charge is -2.15. The first-order valence-corrected chi connectivity index (χ1v) is 8.56. The largest absolute Gasteiger partial charge is 0.480 e. The summed E-state index contributed by atoms with van der Waals surface area (Å²) in [5.41, 5.74) is 6.61. The van der Waals surface area contributed by atoms with Gasteiger partial charge in [0.25, 0.3) is 0 Å². The van der Waals surface area contributed by atoms with Gasteiger partial charge in [0.05, 0.1) is 14.2 Å². The molecule has 0 spiro atoms. The molecular formula is C18H15ClF2N4O2. The lowest BCUT2D eigenvalue weighted by Crippen LogP contribution is -2.05. The molecule has 1 aliphatic carbocycles. The zero-order valence-corrected chi connectivity index (χ0v) is 15.3. The van der Waals surface area contributed by atoms with Crippen LogP contribution in [-0.4, -0.2) is 29.2 Å². The maximum absolute atomic E-state index is 15.4. The number of nitrogen functional groups attached to an aromatic ring is 1. The maximum atomic E-state index is 15.4. The average Bonchev–Trinajstić information content (AvgIpc) is 3.46. The molecular weight excluding hydrogens is 378 g/mol. The average molecular weight is 393 g/mol. The van der Waals surface area contributed by atoms with Gasteiger partial charge in [-0.2, -0.15) is 9.97 Å². The number of fused-ring (bicyclic) bond motifs is 1. The second-order valence-corrected chi connectivity index (χ2v) is 6.63. The van der Waals surface area contributed by atoms with Crippen molar-refractivity contribution in [3.8, 4) is 23.1 Å². The molecule has 0 bridgehead atoms. The number of halogens is 3. The first kappa shape index (κ1) is 17.7. The van der Waals surface area contributed by atoms with Crippen molar-refractivity contribution in [1.29, 1.82) is 0 Å². The van der Waals surface area contributed by atoms with Crippen molar-refractivity contribution in [3.63, 3.8) is 0 Å². The van der Waals surface area contributed by atoms with Gasteiger partial charge in [0.2, 0.25) is 5.88 Å². The molecule has 0 aliphatic heterocycles. The number of nitrogens with two attached hydrogens (primary N) is 1. The third-order valence-corrected chi connectivity index (χ3v) is 4.78. The first-order chi connectivity index (χ1) is 12.9. The van der Waals surface area contributed by atoms with Gasteiger partial charge in [-0.25, -0.2) is 13.8 Å². The number of hydrogen-bond acceptors (Lipinski definition) is 6. The molecule has 2 heterocycles. The number of anilines is 1. The minimum Gasteiger partial charge on any atom is -0.480 e. The summed E-state index contributed by atoms with van der Waals surface area (Å²) >= 11 is 6.25. The molecule has 0 radical (unpaired) electrons. The summed E-state index contributed by atoms with van der Waals surface area (Å²) in [6.07, 6.45) is 1.79. The van der Waals surface area contributed by atoms with Gasteiger partial charge >= 0.3 is 6.01 Å². The number of nitrogens with zero attached hydrogens (tertiary/aromatic N) is 3. The van der Waals surface area contributed by atoms with Crippen LogP contribution in [0.1, 0.15) is 24.3 Å². The molecule has 4 rings (SSSR count). The number of hydrogen-bond donors (Lipinski definition) is 1. The summed E-state index contributed by atoms with van der Waals surface area (Å²) < 4.78 is 39.7. The van der Waals surface area contributed by atoms with Gasteiger partial charge in [-0.3, -0.25) is 0 Å². The number of pyridine rings is 1. The highest BCUT2D eigenvalue weighted by Gasteiger charge is 2.32. The van der Waals surface area contributed by atoms with Crippen LogP contribution >= 0.6 is 11.6 Å². The third-order valence-electron chi connectivity index (χ3n) is 4.47. The molecule has 1 aliphatic rings. The Bertz CT molecular complexity index is 1070. The smallest absolute Gasteiger partial charge is 0.318 e. The maximum Gasteiger partial charge on any atom is 0.318 e. The van der Waals surface area contributed by atoms with Crippen molar-refractivity contribution in [2.75, 3.05) is 20.0 Å². The topological polar surface area (TPSA) is 83.2 Å². The van der Waals surface area contributed by atoms with Gasteiger partial charge in [-0.05, 0) is 36.5 Å². The first-order valence-electron chi connectivity index (χ1n) is 8.18. The fraction of sp³-hybridized carbons (Fsp3) is 0.278.